The molecular formula is C16H35ClNNaO. The summed E-state index contributed by atoms with van der Waals surface area (Å²) in [5, 5.41) is 0. The molecule has 118 valence electrons. The Morgan fingerprint density at radius 1 is 0.700 bits per heavy atom. The topological polar surface area (TPSA) is 21.3 Å². The first-order valence-electron chi connectivity index (χ1n) is 8.42. The smallest absolute Gasteiger partial charge is 1.00 e. The van der Waals surface area contributed by atoms with E-state index in [9.17, 15) is 0 Å². The van der Waals surface area contributed by atoms with Crippen LogP contribution in [0.1, 0.15) is 98.2 Å². The van der Waals surface area contributed by atoms with Gasteiger partial charge in [0.05, 0.1) is 11.9 Å². The minimum absolute atomic E-state index is 0. The van der Waals surface area contributed by atoms with Gasteiger partial charge in [0.25, 0.3) is 0 Å². The van der Waals surface area contributed by atoms with Crippen molar-refractivity contribution in [2.45, 2.75) is 96.8 Å². The van der Waals surface area contributed by atoms with Gasteiger partial charge >= 0.3 is 29.6 Å². The van der Waals surface area contributed by atoms with Crippen molar-refractivity contribution in [3.63, 3.8) is 0 Å². The normalized spacial score (nSPS) is 10.5. The molecule has 0 bridgehead atoms. The van der Waals surface area contributed by atoms with Gasteiger partial charge in [-0.3, -0.25) is 0 Å². The first-order chi connectivity index (χ1) is 9.41. The van der Waals surface area contributed by atoms with Gasteiger partial charge < -0.3 is 1.43 Å². The zero-order valence-corrected chi connectivity index (χ0v) is 16.6. The average Bonchev–Trinajstić information content (AvgIpc) is 2.43. The molecule has 0 aliphatic carbocycles. The van der Waals surface area contributed by atoms with Gasteiger partial charge in [-0.05, 0) is 6.42 Å². The average molecular weight is 316 g/mol. The minimum Gasteiger partial charge on any atom is -1.00 e. The third kappa shape index (κ3) is 21.5. The Hall–Kier alpha value is 1.21. The molecule has 0 aromatic heterocycles. The Bertz CT molecular complexity index is 151. The Balaban J connectivity index is -0.00000162. The molecule has 0 aliphatic heterocycles. The fourth-order valence-corrected chi connectivity index (χ4v) is 2.51. The first-order valence-corrected chi connectivity index (χ1v) is 8.73. The van der Waals surface area contributed by atoms with E-state index >= 15 is 0 Å². The fourth-order valence-electron chi connectivity index (χ4n) is 2.43. The predicted molar refractivity (Wildman–Crippen MR) is 86.4 cm³/mol. The molecule has 4 heteroatoms. The monoisotopic (exact) mass is 315 g/mol. The number of hydrogen-bond donors (Lipinski definition) is 1. The van der Waals surface area contributed by atoms with Crippen molar-refractivity contribution in [2.24, 2.45) is 0 Å². The van der Waals surface area contributed by atoms with E-state index in [-0.39, 0.29) is 31.0 Å². The molecule has 1 N–H and O–H groups in total. The molecule has 0 saturated carbocycles. The van der Waals surface area contributed by atoms with E-state index in [2.05, 4.69) is 16.8 Å². The maximum Gasteiger partial charge on any atom is 1.00 e. The van der Waals surface area contributed by atoms with Crippen LogP contribution in [0.3, 0.4) is 0 Å². The number of unbranched alkanes of at least 4 members (excludes halogenated alkanes) is 13. The van der Waals surface area contributed by atoms with Gasteiger partial charge in [0.1, 0.15) is 0 Å². The van der Waals surface area contributed by atoms with Gasteiger partial charge in [-0.15, -0.1) is 0 Å². The van der Waals surface area contributed by atoms with Crippen LogP contribution in [-0.4, -0.2) is 6.54 Å². The molecule has 0 heterocycles. The molecule has 0 aromatic carbocycles. The van der Waals surface area contributed by atoms with E-state index in [1.54, 1.807) is 0 Å². The third-order valence-corrected chi connectivity index (χ3v) is 3.80. The van der Waals surface area contributed by atoms with Crippen molar-refractivity contribution in [3.8, 4) is 0 Å². The summed E-state index contributed by atoms with van der Waals surface area (Å²) in [5.74, 6) is 0. The maximum absolute atomic E-state index is 5.05. The summed E-state index contributed by atoms with van der Waals surface area (Å²) in [5.41, 5.74) is 2.66. The molecule has 0 atom stereocenters. The van der Waals surface area contributed by atoms with Gasteiger partial charge in [-0.25, -0.2) is 0 Å². The van der Waals surface area contributed by atoms with E-state index in [4.69, 9.17) is 11.9 Å². The summed E-state index contributed by atoms with van der Waals surface area (Å²) in [6.45, 7) is 3.14. The third-order valence-electron chi connectivity index (χ3n) is 3.69. The van der Waals surface area contributed by atoms with Crippen molar-refractivity contribution < 1.29 is 35.4 Å². The van der Waals surface area contributed by atoms with Gasteiger partial charge in [0, 0.05) is 6.54 Å². The summed E-state index contributed by atoms with van der Waals surface area (Å²) in [7, 11) is 0. The van der Waals surface area contributed by atoms with Crippen molar-refractivity contribution in [1.82, 2.24) is 5.48 Å². The molecule has 2 nitrogen and oxygen atoms in total. The van der Waals surface area contributed by atoms with E-state index in [1.165, 1.54) is 83.5 Å². The Kier molecular flexibility index (Phi) is 26.4. The zero-order chi connectivity index (χ0) is 14.0. The van der Waals surface area contributed by atoms with E-state index in [0.29, 0.717) is 0 Å². The van der Waals surface area contributed by atoms with E-state index in [0.717, 1.165) is 13.0 Å². The SMILES string of the molecule is CCCCCCCCCCCCCCCCNOCl.[H-].[Na+]. The number of hydrogen-bond acceptors (Lipinski definition) is 2. The van der Waals surface area contributed by atoms with Crippen LogP contribution >= 0.6 is 11.9 Å². The second-order valence-corrected chi connectivity index (χ2v) is 5.72. The fraction of sp³-hybridized carbons (Fsp3) is 1.00. The Morgan fingerprint density at radius 2 is 1.05 bits per heavy atom. The summed E-state index contributed by atoms with van der Waals surface area (Å²) < 4.78 is 4.28. The molecule has 0 aliphatic rings. The van der Waals surface area contributed by atoms with Gasteiger partial charge in [0.15, 0.2) is 0 Å². The van der Waals surface area contributed by atoms with Gasteiger partial charge in [-0.2, -0.15) is 9.87 Å². The Morgan fingerprint density at radius 3 is 1.40 bits per heavy atom. The molecule has 0 unspecified atom stereocenters. The van der Waals surface area contributed by atoms with Crippen molar-refractivity contribution in [3.05, 3.63) is 0 Å². The van der Waals surface area contributed by atoms with Crippen LogP contribution in [0.4, 0.5) is 0 Å². The van der Waals surface area contributed by atoms with E-state index in [1.807, 2.05) is 0 Å². The van der Waals surface area contributed by atoms with Gasteiger partial charge in [-0.1, -0.05) is 90.4 Å². The molecule has 20 heavy (non-hydrogen) atoms. The number of halogens is 1. The first kappa shape index (κ1) is 23.5. The quantitative estimate of drug-likeness (QED) is 0.268. The summed E-state index contributed by atoms with van der Waals surface area (Å²) in [4.78, 5) is 0. The maximum atomic E-state index is 5.05. The van der Waals surface area contributed by atoms with Gasteiger partial charge in [0.2, 0.25) is 0 Å². The Labute approximate surface area is 155 Å². The van der Waals surface area contributed by atoms with Crippen LogP contribution in [0, 0.1) is 0 Å². The van der Waals surface area contributed by atoms with Crippen molar-refractivity contribution in [1.29, 1.82) is 0 Å². The minimum atomic E-state index is 0. The molecular weight excluding hydrogens is 281 g/mol. The molecule has 0 rings (SSSR count). The molecule has 0 saturated heterocycles. The number of nitrogens with one attached hydrogen (secondary N) is 1. The molecule has 0 fully saturated rings. The van der Waals surface area contributed by atoms with Crippen LogP contribution in [0.5, 0.6) is 0 Å². The molecule has 0 amide bonds. The largest absolute Gasteiger partial charge is 1.00 e. The number of hydroxylamine groups is 1. The summed E-state index contributed by atoms with van der Waals surface area (Å²) >= 11 is 5.05. The van der Waals surface area contributed by atoms with Crippen molar-refractivity contribution >= 4 is 11.9 Å². The van der Waals surface area contributed by atoms with Crippen LogP contribution in [0.25, 0.3) is 0 Å². The van der Waals surface area contributed by atoms with E-state index < -0.39 is 0 Å². The summed E-state index contributed by atoms with van der Waals surface area (Å²) in [6, 6.07) is 0. The standard InChI is InChI=1S/C16H34ClNO.Na.H/c1-2-3-4-5-6-7-8-9-10-11-12-13-14-15-16-18-19-17;;/h18H,2-16H2,1H3;;/q;+1;-1. The van der Waals surface area contributed by atoms with Crippen LogP contribution < -0.4 is 35.0 Å². The summed E-state index contributed by atoms with van der Waals surface area (Å²) in [6.07, 6.45) is 19.5. The second kappa shape index (κ2) is 22.5. The molecule has 0 radical (unpaired) electrons. The predicted octanol–water partition coefficient (Wildman–Crippen LogP) is 3.26. The van der Waals surface area contributed by atoms with Crippen LogP contribution in [0.15, 0.2) is 0 Å². The second-order valence-electron chi connectivity index (χ2n) is 5.57. The molecule has 0 spiro atoms. The number of rotatable bonds is 16. The zero-order valence-electron chi connectivity index (χ0n) is 14.9. The molecule has 0 aromatic rings. The van der Waals surface area contributed by atoms with Crippen LogP contribution in [-0.2, 0) is 4.39 Å². The van der Waals surface area contributed by atoms with Crippen LogP contribution in [0.2, 0.25) is 0 Å². The van der Waals surface area contributed by atoms with Crippen molar-refractivity contribution in [2.75, 3.05) is 6.54 Å².